The molecule has 5 rings (SSSR count). The van der Waals surface area contributed by atoms with E-state index >= 15 is 0 Å². The number of methoxy groups -OCH3 is 1. The van der Waals surface area contributed by atoms with Crippen molar-refractivity contribution in [3.8, 4) is 0 Å². The number of ether oxygens (including phenoxy) is 6. The van der Waals surface area contributed by atoms with E-state index in [-0.39, 0.29) is 13.2 Å². The summed E-state index contributed by atoms with van der Waals surface area (Å²) in [6.07, 6.45) is -3.34. The Bertz CT molecular complexity index is 1170. The second-order valence-electron chi connectivity index (χ2n) is 8.48. The van der Waals surface area contributed by atoms with E-state index in [1.807, 2.05) is 42.5 Å². The van der Waals surface area contributed by atoms with Gasteiger partial charge in [0.1, 0.15) is 19.3 Å². The number of hydrogen-bond acceptors (Lipinski definition) is 8. The molecule has 8 nitrogen and oxygen atoms in total. The molecule has 8 heteroatoms. The number of esters is 2. The van der Waals surface area contributed by atoms with Crippen LogP contribution in [-0.2, 0) is 28.4 Å². The average molecular weight is 491 g/mol. The van der Waals surface area contributed by atoms with Gasteiger partial charge in [-0.15, -0.1) is 0 Å². The molecular formula is C28H26O8. The first-order valence-electron chi connectivity index (χ1n) is 11.6. The Balaban J connectivity index is 1.40. The third-order valence-corrected chi connectivity index (χ3v) is 6.21. The summed E-state index contributed by atoms with van der Waals surface area (Å²) < 4.78 is 35.6. The molecule has 0 bridgehead atoms. The predicted molar refractivity (Wildman–Crippen MR) is 127 cm³/mol. The van der Waals surface area contributed by atoms with Crippen LogP contribution < -0.4 is 0 Å². The minimum absolute atomic E-state index is 0.0241. The lowest BCUT2D eigenvalue weighted by Gasteiger charge is -2.40. The van der Waals surface area contributed by atoms with Crippen LogP contribution in [0.4, 0.5) is 0 Å². The maximum Gasteiger partial charge on any atom is 0.338 e. The van der Waals surface area contributed by atoms with E-state index in [4.69, 9.17) is 28.4 Å². The second kappa shape index (κ2) is 10.6. The Labute approximate surface area is 208 Å². The van der Waals surface area contributed by atoms with Crippen LogP contribution in [0.25, 0.3) is 0 Å². The van der Waals surface area contributed by atoms with E-state index in [1.165, 1.54) is 7.11 Å². The van der Waals surface area contributed by atoms with Crippen LogP contribution in [0, 0.1) is 0 Å². The lowest BCUT2D eigenvalue weighted by molar-refractivity contribution is -0.358. The molecule has 2 saturated heterocycles. The van der Waals surface area contributed by atoms with Crippen LogP contribution in [0.3, 0.4) is 0 Å². The van der Waals surface area contributed by atoms with Gasteiger partial charge in [0.25, 0.3) is 0 Å². The van der Waals surface area contributed by atoms with E-state index < -0.39 is 42.3 Å². The minimum atomic E-state index is -1.35. The molecule has 0 aliphatic carbocycles. The van der Waals surface area contributed by atoms with Gasteiger partial charge in [-0.1, -0.05) is 66.7 Å². The summed E-state index contributed by atoms with van der Waals surface area (Å²) >= 11 is 0. The standard InChI is InChI=1S/C28H26O8/c1-31-28-18-33-27(21-15-9-4-10-16-21)35-24(28)23(34-26(30)20-13-7-3-8-14-20)22(36-28)17-32-25(29)19-11-5-2-6-12-19/h2-16,22-24,27H,17-18H2,1H3/t22-,23-,24+,27?,28+/m1/s1. The van der Waals surface area contributed by atoms with Crippen molar-refractivity contribution in [3.05, 3.63) is 108 Å². The zero-order valence-electron chi connectivity index (χ0n) is 19.6. The van der Waals surface area contributed by atoms with Crippen molar-refractivity contribution in [2.45, 2.75) is 30.4 Å². The van der Waals surface area contributed by atoms with Crippen LogP contribution in [0.2, 0.25) is 0 Å². The Kier molecular flexibility index (Phi) is 7.11. The maximum absolute atomic E-state index is 13.0. The molecule has 0 amide bonds. The molecule has 2 aliphatic rings. The van der Waals surface area contributed by atoms with E-state index in [2.05, 4.69) is 0 Å². The summed E-state index contributed by atoms with van der Waals surface area (Å²) in [4.78, 5) is 25.6. The molecule has 1 unspecified atom stereocenters. The number of rotatable bonds is 7. The van der Waals surface area contributed by atoms with Gasteiger partial charge < -0.3 is 28.4 Å². The SMILES string of the molecule is CO[C@]12COC(c3ccccc3)O[C@H]1[C@H](OC(=O)c1ccccc1)[C@@H](COC(=O)c1ccccc1)O2. The number of carbonyl (C=O) groups is 2. The molecular weight excluding hydrogens is 464 g/mol. The molecule has 3 aromatic rings. The number of carbonyl (C=O) groups excluding carboxylic acids is 2. The van der Waals surface area contributed by atoms with E-state index in [0.717, 1.165) is 5.56 Å². The van der Waals surface area contributed by atoms with Gasteiger partial charge in [-0.25, -0.2) is 9.59 Å². The molecule has 3 aromatic carbocycles. The normalized spacial score (nSPS) is 27.1. The maximum atomic E-state index is 13.0. The van der Waals surface area contributed by atoms with Gasteiger partial charge in [0.05, 0.1) is 11.1 Å². The topological polar surface area (TPSA) is 89.5 Å². The summed E-state index contributed by atoms with van der Waals surface area (Å²) in [5, 5.41) is 0. The molecule has 186 valence electrons. The molecule has 2 aliphatic heterocycles. The first kappa shape index (κ1) is 24.1. The lowest BCUT2D eigenvalue weighted by atomic mass is 10.0. The van der Waals surface area contributed by atoms with Crippen LogP contribution >= 0.6 is 0 Å². The first-order chi connectivity index (χ1) is 17.6. The third-order valence-electron chi connectivity index (χ3n) is 6.21. The summed E-state index contributed by atoms with van der Waals surface area (Å²) in [5.74, 6) is -2.42. The van der Waals surface area contributed by atoms with Crippen molar-refractivity contribution in [2.75, 3.05) is 20.3 Å². The molecule has 0 saturated carbocycles. The van der Waals surface area contributed by atoms with Gasteiger partial charge in [0.15, 0.2) is 18.5 Å². The summed E-state index contributed by atoms with van der Waals surface area (Å²) in [7, 11) is 1.47. The van der Waals surface area contributed by atoms with Crippen molar-refractivity contribution in [1.29, 1.82) is 0 Å². The molecule has 5 atom stereocenters. The monoisotopic (exact) mass is 490 g/mol. The lowest BCUT2D eigenvalue weighted by Crippen LogP contribution is -2.55. The number of hydrogen-bond donors (Lipinski definition) is 0. The highest BCUT2D eigenvalue weighted by Crippen LogP contribution is 2.43. The van der Waals surface area contributed by atoms with Gasteiger partial charge in [0, 0.05) is 12.7 Å². The van der Waals surface area contributed by atoms with Crippen LogP contribution in [0.1, 0.15) is 32.6 Å². The fourth-order valence-electron chi connectivity index (χ4n) is 4.35. The highest BCUT2D eigenvalue weighted by atomic mass is 16.8. The van der Waals surface area contributed by atoms with Gasteiger partial charge in [-0.05, 0) is 24.3 Å². The van der Waals surface area contributed by atoms with E-state index in [0.29, 0.717) is 11.1 Å². The van der Waals surface area contributed by atoms with Crippen LogP contribution in [0.5, 0.6) is 0 Å². The largest absolute Gasteiger partial charge is 0.459 e. The Morgan fingerprint density at radius 2 is 1.44 bits per heavy atom. The fraction of sp³-hybridized carbons (Fsp3) is 0.286. The smallest absolute Gasteiger partial charge is 0.338 e. The zero-order valence-corrected chi connectivity index (χ0v) is 19.6. The van der Waals surface area contributed by atoms with Crippen LogP contribution in [0.15, 0.2) is 91.0 Å². The Morgan fingerprint density at radius 1 is 0.861 bits per heavy atom. The van der Waals surface area contributed by atoms with Crippen molar-refractivity contribution < 1.29 is 38.0 Å². The van der Waals surface area contributed by atoms with Crippen molar-refractivity contribution >= 4 is 11.9 Å². The first-order valence-corrected chi connectivity index (χ1v) is 11.6. The molecule has 36 heavy (non-hydrogen) atoms. The van der Waals surface area contributed by atoms with Gasteiger partial charge >= 0.3 is 11.9 Å². The predicted octanol–water partition coefficient (Wildman–Crippen LogP) is 3.92. The van der Waals surface area contributed by atoms with Gasteiger partial charge in [0.2, 0.25) is 5.79 Å². The zero-order chi connectivity index (χ0) is 25.0. The van der Waals surface area contributed by atoms with Crippen LogP contribution in [-0.4, -0.2) is 56.4 Å². The van der Waals surface area contributed by atoms with Crippen molar-refractivity contribution in [3.63, 3.8) is 0 Å². The molecule has 0 radical (unpaired) electrons. The summed E-state index contributed by atoms with van der Waals surface area (Å²) in [6.45, 7) is -0.155. The second-order valence-corrected chi connectivity index (χ2v) is 8.48. The highest BCUT2D eigenvalue weighted by molar-refractivity contribution is 5.90. The van der Waals surface area contributed by atoms with E-state index in [1.54, 1.807) is 48.5 Å². The summed E-state index contributed by atoms with van der Waals surface area (Å²) in [6, 6.07) is 26.6. The number of fused-ring (bicyclic) bond motifs is 1. The molecule has 0 N–H and O–H groups in total. The summed E-state index contributed by atoms with van der Waals surface area (Å²) in [5.41, 5.74) is 1.57. The molecule has 2 fully saturated rings. The van der Waals surface area contributed by atoms with Gasteiger partial charge in [-0.3, -0.25) is 0 Å². The third kappa shape index (κ3) is 4.89. The van der Waals surface area contributed by atoms with Gasteiger partial charge in [-0.2, -0.15) is 0 Å². The molecule has 0 aromatic heterocycles. The Morgan fingerprint density at radius 3 is 2.06 bits per heavy atom. The fourth-order valence-corrected chi connectivity index (χ4v) is 4.35. The molecule has 0 spiro atoms. The minimum Gasteiger partial charge on any atom is -0.459 e. The van der Waals surface area contributed by atoms with Crippen molar-refractivity contribution in [2.24, 2.45) is 0 Å². The van der Waals surface area contributed by atoms with Crippen molar-refractivity contribution in [1.82, 2.24) is 0 Å². The average Bonchev–Trinajstić information content (AvgIpc) is 3.26. The Hall–Kier alpha value is -3.56. The molecule has 2 heterocycles. The van der Waals surface area contributed by atoms with E-state index in [9.17, 15) is 9.59 Å². The highest BCUT2D eigenvalue weighted by Gasteiger charge is 2.62. The quantitative estimate of drug-likeness (QED) is 0.461. The number of benzene rings is 3.